The molecule has 0 aliphatic carbocycles. The van der Waals surface area contributed by atoms with Crippen LogP contribution in [0.2, 0.25) is 0 Å². The average molecular weight is 178 g/mol. The first-order chi connectivity index (χ1) is 3.12. The summed E-state index contributed by atoms with van der Waals surface area (Å²) in [5.41, 5.74) is 0. The predicted octanol–water partition coefficient (Wildman–Crippen LogP) is 3.28. The van der Waals surface area contributed by atoms with E-state index in [1.54, 1.807) is 0 Å². The van der Waals surface area contributed by atoms with E-state index in [9.17, 15) is 0 Å². The zero-order valence-corrected chi connectivity index (χ0v) is 7.05. The minimum atomic E-state index is 0. The van der Waals surface area contributed by atoms with E-state index in [0.29, 0.717) is 0 Å². The molecule has 0 nitrogen and oxygen atoms in total. The van der Waals surface area contributed by atoms with Gasteiger partial charge in [-0.15, -0.1) is 0 Å². The Morgan fingerprint density at radius 3 is 1.60 bits per heavy atom. The first-order valence-electron chi connectivity index (χ1n) is 2.56. The molecule has 0 atom stereocenters. The smallest absolute Gasteiger partial charge is 0 e. The van der Waals surface area contributed by atoms with E-state index in [4.69, 9.17) is 6.42 Å². The van der Waals surface area contributed by atoms with Gasteiger partial charge in [-0.1, -0.05) is 35.6 Å². The molecule has 0 saturated heterocycles. The molecule has 10 heavy (non-hydrogen) atoms. The van der Waals surface area contributed by atoms with Crippen LogP contribution in [0.25, 0.3) is 0 Å². The number of rotatable bonds is 1. The fourth-order valence-corrected chi connectivity index (χ4v) is 0.0884. The van der Waals surface area contributed by atoms with Crippen LogP contribution in [0.4, 0.5) is 0 Å². The van der Waals surface area contributed by atoms with Gasteiger partial charge in [-0.3, -0.25) is 0 Å². The summed E-state index contributed by atoms with van der Waals surface area (Å²) in [6.45, 7) is 6.06. The molecule has 0 rings (SSSR count). The summed E-state index contributed by atoms with van der Waals surface area (Å²) in [5.74, 6) is 2.44. The Labute approximate surface area is 78.7 Å². The van der Waals surface area contributed by atoms with Crippen molar-refractivity contribution in [1.82, 2.24) is 0 Å². The van der Waals surface area contributed by atoms with Crippen LogP contribution in [0.5, 0.6) is 0 Å². The van der Waals surface area contributed by atoms with E-state index in [0.717, 1.165) is 6.42 Å². The summed E-state index contributed by atoms with van der Waals surface area (Å²) in [5, 5.41) is 0. The van der Waals surface area contributed by atoms with Crippen LogP contribution in [0, 0.1) is 17.8 Å². The van der Waals surface area contributed by atoms with E-state index >= 15 is 0 Å². The van der Waals surface area contributed by atoms with E-state index in [1.165, 1.54) is 0 Å². The Morgan fingerprint density at radius 2 is 1.60 bits per heavy atom. The number of hydrogen-bond donors (Lipinski definition) is 0. The van der Waals surface area contributed by atoms with Crippen LogP contribution >= 0.6 is 0 Å². The van der Waals surface area contributed by atoms with Crippen molar-refractivity contribution >= 4 is 0 Å². The summed E-state index contributed by atoms with van der Waals surface area (Å²) in [6.07, 6.45) is 7.75. The molecule has 61 valence electrons. The Balaban J connectivity index is -0.0000000600. The Bertz CT molecular complexity index is 87.4. The van der Waals surface area contributed by atoms with Gasteiger partial charge in [0.1, 0.15) is 0 Å². The predicted molar refractivity (Wildman–Crippen MR) is 44.7 cm³/mol. The maximum absolute atomic E-state index is 6.76. The molecule has 0 spiro atoms. The van der Waals surface area contributed by atoms with Crippen LogP contribution in [0.3, 0.4) is 0 Å². The Kier molecular flexibility index (Phi) is 20.5. The van der Waals surface area contributed by atoms with Crippen LogP contribution in [0.1, 0.15) is 42.0 Å². The van der Waals surface area contributed by atoms with Crippen molar-refractivity contribution in [2.75, 3.05) is 0 Å². The van der Waals surface area contributed by atoms with Gasteiger partial charge in [0, 0.05) is 18.6 Å². The molecule has 0 amide bonds. The fourth-order valence-electron chi connectivity index (χ4n) is 0.0884. The van der Waals surface area contributed by atoms with E-state index in [-0.39, 0.29) is 38.8 Å². The molecule has 0 bridgehead atoms. The summed E-state index contributed by atoms with van der Waals surface area (Å²) >= 11 is 0. The van der Waals surface area contributed by atoms with Gasteiger partial charge in [0.15, 0.2) is 0 Å². The standard InChI is InChI=1S/C7H11.2CH4.V/c1-5-7(3,4)6-2;;;/h5H2,1,3-4H3;2*1H4;/q-1;;;. The van der Waals surface area contributed by atoms with E-state index in [1.807, 2.05) is 13.8 Å². The van der Waals surface area contributed by atoms with Gasteiger partial charge in [0.25, 0.3) is 0 Å². The third kappa shape index (κ3) is 11.0. The van der Waals surface area contributed by atoms with Gasteiger partial charge in [-0.2, -0.15) is 0 Å². The van der Waals surface area contributed by atoms with Crippen molar-refractivity contribution in [2.45, 2.75) is 42.0 Å². The molecule has 1 radical (unpaired) electrons. The Morgan fingerprint density at radius 1 is 1.30 bits per heavy atom. The molecular formula is C9H19V-. The molecule has 0 unspecified atom stereocenters. The molecule has 1 heteroatoms. The van der Waals surface area contributed by atoms with Crippen molar-refractivity contribution in [3.05, 3.63) is 6.42 Å². The second kappa shape index (κ2) is 9.14. The van der Waals surface area contributed by atoms with Gasteiger partial charge < -0.3 is 12.3 Å². The molecule has 0 saturated carbocycles. The number of hydrogen-bond acceptors (Lipinski definition) is 0. The van der Waals surface area contributed by atoms with Gasteiger partial charge in [0.2, 0.25) is 0 Å². The molecule has 0 aromatic carbocycles. The first-order valence-corrected chi connectivity index (χ1v) is 2.56. The van der Waals surface area contributed by atoms with Crippen molar-refractivity contribution in [3.8, 4) is 5.92 Å². The molecule has 0 fully saturated rings. The SMILES string of the molecule is C.C.[C-]#CC(C)(C)CC.[V]. The van der Waals surface area contributed by atoms with Crippen LogP contribution < -0.4 is 0 Å². The van der Waals surface area contributed by atoms with E-state index < -0.39 is 0 Å². The monoisotopic (exact) mass is 178 g/mol. The van der Waals surface area contributed by atoms with Gasteiger partial charge in [0.05, 0.1) is 0 Å². The van der Waals surface area contributed by atoms with Crippen LogP contribution in [-0.2, 0) is 18.6 Å². The summed E-state index contributed by atoms with van der Waals surface area (Å²) in [6, 6.07) is 0. The average Bonchev–Trinajstić information content (AvgIpc) is 1.68. The fraction of sp³-hybridized carbons (Fsp3) is 0.778. The van der Waals surface area contributed by atoms with E-state index in [2.05, 4.69) is 12.8 Å². The molecule has 0 N–H and O–H groups in total. The van der Waals surface area contributed by atoms with Crippen molar-refractivity contribution in [1.29, 1.82) is 0 Å². The maximum atomic E-state index is 6.76. The largest absolute Gasteiger partial charge is 0.693 e. The summed E-state index contributed by atoms with van der Waals surface area (Å²) < 4.78 is 0. The zero-order valence-electron chi connectivity index (χ0n) is 5.65. The van der Waals surface area contributed by atoms with Crippen molar-refractivity contribution < 1.29 is 18.6 Å². The zero-order chi connectivity index (χ0) is 5.91. The third-order valence-electron chi connectivity index (χ3n) is 1.22. The quantitative estimate of drug-likeness (QED) is 0.427. The molecule has 0 aliphatic heterocycles. The molecule has 0 aliphatic rings. The van der Waals surface area contributed by atoms with Crippen LogP contribution in [0.15, 0.2) is 0 Å². The Hall–Kier alpha value is 0.144. The van der Waals surface area contributed by atoms with Crippen molar-refractivity contribution in [2.24, 2.45) is 5.41 Å². The normalized spacial score (nSPS) is 7.40. The summed E-state index contributed by atoms with van der Waals surface area (Å²) in [4.78, 5) is 0. The third-order valence-corrected chi connectivity index (χ3v) is 1.22. The van der Waals surface area contributed by atoms with Gasteiger partial charge in [-0.05, 0) is 11.8 Å². The van der Waals surface area contributed by atoms with Gasteiger partial charge in [-0.25, -0.2) is 0 Å². The first kappa shape index (κ1) is 22.5. The molecular weight excluding hydrogens is 159 g/mol. The second-order valence-corrected chi connectivity index (χ2v) is 2.36. The molecule has 0 heterocycles. The van der Waals surface area contributed by atoms with Crippen LogP contribution in [-0.4, -0.2) is 0 Å². The molecule has 0 aromatic rings. The topological polar surface area (TPSA) is 0 Å². The minimum absolute atomic E-state index is 0. The molecule has 0 aromatic heterocycles. The maximum Gasteiger partial charge on any atom is 0 e. The minimum Gasteiger partial charge on any atom is -0.693 e. The summed E-state index contributed by atoms with van der Waals surface area (Å²) in [7, 11) is 0. The van der Waals surface area contributed by atoms with Crippen molar-refractivity contribution in [3.63, 3.8) is 0 Å². The van der Waals surface area contributed by atoms with Gasteiger partial charge >= 0.3 is 0 Å². The second-order valence-electron chi connectivity index (χ2n) is 2.36.